The summed E-state index contributed by atoms with van der Waals surface area (Å²) in [5.74, 6) is 0. The van der Waals surface area contributed by atoms with Crippen LogP contribution in [0.2, 0.25) is 0 Å². The molecule has 92 valence electrons. The first-order chi connectivity index (χ1) is 9.38. The number of benzene rings is 2. The lowest BCUT2D eigenvalue weighted by Gasteiger charge is -1.95. The first-order valence-corrected chi connectivity index (χ1v) is 6.26. The molecule has 1 heteroatoms. The Morgan fingerprint density at radius 3 is 2.21 bits per heavy atom. The summed E-state index contributed by atoms with van der Waals surface area (Å²) < 4.78 is 0. The normalized spacial score (nSPS) is 11.4. The van der Waals surface area contributed by atoms with Gasteiger partial charge in [-0.05, 0) is 29.7 Å². The third kappa shape index (κ3) is 4.29. The van der Waals surface area contributed by atoms with Crippen LogP contribution in [0.25, 0.3) is 6.08 Å². The van der Waals surface area contributed by atoms with E-state index in [0.29, 0.717) is 5.57 Å². The van der Waals surface area contributed by atoms with Crippen molar-refractivity contribution in [1.29, 1.82) is 5.26 Å². The summed E-state index contributed by atoms with van der Waals surface area (Å²) in [6.45, 7) is 0. The zero-order chi connectivity index (χ0) is 13.3. The fourth-order valence-corrected chi connectivity index (χ4v) is 1.78. The van der Waals surface area contributed by atoms with E-state index in [1.165, 1.54) is 5.56 Å². The maximum Gasteiger partial charge on any atom is 0.0991 e. The highest BCUT2D eigenvalue weighted by atomic mass is 14.2. The molecule has 0 heterocycles. The number of allylic oxidation sites excluding steroid dienone is 3. The van der Waals surface area contributed by atoms with Gasteiger partial charge in [0.2, 0.25) is 0 Å². The van der Waals surface area contributed by atoms with Gasteiger partial charge in [-0.3, -0.25) is 0 Å². The van der Waals surface area contributed by atoms with Gasteiger partial charge in [-0.15, -0.1) is 0 Å². The van der Waals surface area contributed by atoms with Crippen molar-refractivity contribution in [2.75, 3.05) is 0 Å². The minimum atomic E-state index is 0.669. The van der Waals surface area contributed by atoms with Crippen LogP contribution in [0.1, 0.15) is 11.1 Å². The predicted molar refractivity (Wildman–Crippen MR) is 79.3 cm³/mol. The van der Waals surface area contributed by atoms with Crippen molar-refractivity contribution >= 4 is 6.08 Å². The second kappa shape index (κ2) is 6.98. The lowest BCUT2D eigenvalue weighted by Crippen LogP contribution is -1.80. The van der Waals surface area contributed by atoms with Gasteiger partial charge in [0.05, 0.1) is 11.6 Å². The van der Waals surface area contributed by atoms with E-state index in [1.807, 2.05) is 66.8 Å². The molecular weight excluding hydrogens is 230 g/mol. The molecule has 0 amide bonds. The smallest absolute Gasteiger partial charge is 0.0991 e. The molecule has 0 radical (unpaired) electrons. The zero-order valence-electron chi connectivity index (χ0n) is 10.7. The minimum Gasteiger partial charge on any atom is -0.192 e. The van der Waals surface area contributed by atoms with Crippen molar-refractivity contribution in [2.45, 2.75) is 6.42 Å². The van der Waals surface area contributed by atoms with Crippen LogP contribution in [0.4, 0.5) is 0 Å². The molecule has 0 bridgehead atoms. The summed E-state index contributed by atoms with van der Waals surface area (Å²) in [5.41, 5.74) is 2.96. The molecule has 0 saturated carbocycles. The highest BCUT2D eigenvalue weighted by Gasteiger charge is 1.92. The molecule has 0 saturated heterocycles. The first-order valence-electron chi connectivity index (χ1n) is 6.26. The van der Waals surface area contributed by atoms with Gasteiger partial charge in [-0.1, -0.05) is 66.7 Å². The van der Waals surface area contributed by atoms with E-state index < -0.39 is 0 Å². The Kier molecular flexibility index (Phi) is 4.72. The lowest BCUT2D eigenvalue weighted by atomic mass is 10.1. The number of nitriles is 1. The average Bonchev–Trinajstić information content (AvgIpc) is 2.48. The average molecular weight is 245 g/mol. The van der Waals surface area contributed by atoms with Gasteiger partial charge in [0.15, 0.2) is 0 Å². The van der Waals surface area contributed by atoms with Crippen LogP contribution in [0.15, 0.2) is 78.4 Å². The lowest BCUT2D eigenvalue weighted by molar-refractivity contribution is 1.27. The van der Waals surface area contributed by atoms with Gasteiger partial charge >= 0.3 is 0 Å². The van der Waals surface area contributed by atoms with Crippen molar-refractivity contribution in [3.8, 4) is 6.07 Å². The highest BCUT2D eigenvalue weighted by Crippen LogP contribution is 2.08. The monoisotopic (exact) mass is 245 g/mol. The van der Waals surface area contributed by atoms with Gasteiger partial charge in [0.1, 0.15) is 0 Å². The van der Waals surface area contributed by atoms with E-state index in [1.54, 1.807) is 0 Å². The van der Waals surface area contributed by atoms with Crippen molar-refractivity contribution in [3.05, 3.63) is 89.5 Å². The second-order valence-corrected chi connectivity index (χ2v) is 4.21. The largest absolute Gasteiger partial charge is 0.192 e. The van der Waals surface area contributed by atoms with E-state index >= 15 is 0 Å². The number of nitrogens with zero attached hydrogens (tertiary/aromatic N) is 1. The SMILES string of the molecule is N#CC(=C\c1ccccc1)/C=C/Cc1ccccc1. The fourth-order valence-electron chi connectivity index (χ4n) is 1.78. The Bertz CT molecular complexity index is 601. The van der Waals surface area contributed by atoms with Crippen LogP contribution in [0.3, 0.4) is 0 Å². The van der Waals surface area contributed by atoms with Crippen LogP contribution in [-0.4, -0.2) is 0 Å². The molecule has 0 unspecified atom stereocenters. The van der Waals surface area contributed by atoms with Crippen LogP contribution >= 0.6 is 0 Å². The van der Waals surface area contributed by atoms with Crippen LogP contribution in [-0.2, 0) is 6.42 Å². The number of rotatable bonds is 4. The van der Waals surface area contributed by atoms with Crippen LogP contribution in [0.5, 0.6) is 0 Å². The van der Waals surface area contributed by atoms with Gasteiger partial charge in [-0.25, -0.2) is 0 Å². The third-order valence-electron chi connectivity index (χ3n) is 2.74. The van der Waals surface area contributed by atoms with Gasteiger partial charge in [0, 0.05) is 0 Å². The summed E-state index contributed by atoms with van der Waals surface area (Å²) in [6.07, 6.45) is 6.63. The standard InChI is InChI=1S/C18H15N/c19-15-18(14-17-10-5-2-6-11-17)13-7-12-16-8-3-1-4-9-16/h1-11,13-14H,12H2/b13-7+,18-14-. The number of hydrogen-bond acceptors (Lipinski definition) is 1. The van der Waals surface area contributed by atoms with E-state index in [4.69, 9.17) is 5.26 Å². The van der Waals surface area contributed by atoms with Crippen molar-refractivity contribution in [3.63, 3.8) is 0 Å². The summed E-state index contributed by atoms with van der Waals surface area (Å²) in [6, 6.07) is 22.3. The predicted octanol–water partition coefficient (Wildman–Crippen LogP) is 4.39. The topological polar surface area (TPSA) is 23.8 Å². The quantitative estimate of drug-likeness (QED) is 0.579. The van der Waals surface area contributed by atoms with E-state index in [9.17, 15) is 0 Å². The molecule has 2 rings (SSSR count). The molecule has 0 N–H and O–H groups in total. The molecule has 2 aromatic rings. The summed E-state index contributed by atoms with van der Waals surface area (Å²) >= 11 is 0. The van der Waals surface area contributed by atoms with Crippen molar-refractivity contribution in [2.24, 2.45) is 0 Å². The minimum absolute atomic E-state index is 0.669. The molecule has 19 heavy (non-hydrogen) atoms. The van der Waals surface area contributed by atoms with Crippen molar-refractivity contribution in [1.82, 2.24) is 0 Å². The van der Waals surface area contributed by atoms with Gasteiger partial charge < -0.3 is 0 Å². The van der Waals surface area contributed by atoms with E-state index in [-0.39, 0.29) is 0 Å². The molecule has 0 aliphatic rings. The first kappa shape index (κ1) is 12.9. The molecule has 0 aliphatic carbocycles. The molecular formula is C18H15N. The zero-order valence-corrected chi connectivity index (χ0v) is 10.7. The summed E-state index contributed by atoms with van der Waals surface area (Å²) in [4.78, 5) is 0. The Hall–Kier alpha value is -2.59. The summed E-state index contributed by atoms with van der Waals surface area (Å²) in [7, 11) is 0. The molecule has 0 aliphatic heterocycles. The Labute approximate surface area is 114 Å². The Morgan fingerprint density at radius 2 is 1.58 bits per heavy atom. The molecule has 0 atom stereocenters. The van der Waals surface area contributed by atoms with E-state index in [0.717, 1.165) is 12.0 Å². The fraction of sp³-hybridized carbons (Fsp3) is 0.0556. The molecule has 2 aromatic carbocycles. The molecule has 1 nitrogen and oxygen atoms in total. The molecule has 0 spiro atoms. The molecule has 0 fully saturated rings. The Morgan fingerprint density at radius 1 is 0.947 bits per heavy atom. The number of hydrogen-bond donors (Lipinski definition) is 0. The third-order valence-corrected chi connectivity index (χ3v) is 2.74. The molecule has 0 aromatic heterocycles. The Balaban J connectivity index is 2.04. The maximum absolute atomic E-state index is 9.12. The summed E-state index contributed by atoms with van der Waals surface area (Å²) in [5, 5.41) is 9.12. The van der Waals surface area contributed by atoms with Gasteiger partial charge in [0.25, 0.3) is 0 Å². The maximum atomic E-state index is 9.12. The van der Waals surface area contributed by atoms with Crippen molar-refractivity contribution < 1.29 is 0 Å². The second-order valence-electron chi connectivity index (χ2n) is 4.21. The van der Waals surface area contributed by atoms with Gasteiger partial charge in [-0.2, -0.15) is 5.26 Å². The highest BCUT2D eigenvalue weighted by molar-refractivity contribution is 5.60. The van der Waals surface area contributed by atoms with Crippen LogP contribution < -0.4 is 0 Å². The van der Waals surface area contributed by atoms with E-state index in [2.05, 4.69) is 18.2 Å². The van der Waals surface area contributed by atoms with Crippen LogP contribution in [0, 0.1) is 11.3 Å².